The van der Waals surface area contributed by atoms with Crippen LogP contribution in [0.5, 0.6) is 5.75 Å². The third kappa shape index (κ3) is 1.63. The summed E-state index contributed by atoms with van der Waals surface area (Å²) in [6.07, 6.45) is 2.34. The van der Waals surface area contributed by atoms with Gasteiger partial charge in [0, 0.05) is 5.92 Å². The molecule has 3 aromatic rings. The Balaban J connectivity index is 1.89. The first kappa shape index (κ1) is 10.9. The average molecular weight is 272 g/mol. The van der Waals surface area contributed by atoms with Crippen LogP contribution < -0.4 is 0 Å². The summed E-state index contributed by atoms with van der Waals surface area (Å²) in [5, 5.41) is 23.8. The molecule has 0 saturated heterocycles. The molecule has 1 aliphatic carbocycles. The Labute approximate surface area is 113 Å². The molecule has 0 amide bonds. The van der Waals surface area contributed by atoms with Crippen molar-refractivity contribution in [2.45, 2.75) is 25.7 Å². The summed E-state index contributed by atoms with van der Waals surface area (Å²) in [5.41, 5.74) is 1.61. The van der Waals surface area contributed by atoms with E-state index >= 15 is 0 Å². The predicted octanol–water partition coefficient (Wildman–Crippen LogP) is 2.74. The molecule has 0 aliphatic heterocycles. The minimum Gasteiger partial charge on any atom is -0.507 e. The molecule has 0 atom stereocenters. The molecule has 2 heterocycles. The molecule has 1 fully saturated rings. The largest absolute Gasteiger partial charge is 0.507 e. The molecule has 96 valence electrons. The van der Waals surface area contributed by atoms with Gasteiger partial charge >= 0.3 is 0 Å². The zero-order chi connectivity index (χ0) is 13.0. The van der Waals surface area contributed by atoms with Gasteiger partial charge in [-0.25, -0.2) is 0 Å². The van der Waals surface area contributed by atoms with Crippen molar-refractivity contribution in [3.8, 4) is 16.3 Å². The topological polar surface area (TPSA) is 63.3 Å². The van der Waals surface area contributed by atoms with E-state index in [2.05, 4.69) is 15.3 Å². The van der Waals surface area contributed by atoms with Crippen LogP contribution in [0.2, 0.25) is 0 Å². The first-order chi connectivity index (χ1) is 9.24. The van der Waals surface area contributed by atoms with Gasteiger partial charge in [-0.2, -0.15) is 9.61 Å². The fourth-order valence-electron chi connectivity index (χ4n) is 2.17. The molecule has 1 aliphatic rings. The van der Waals surface area contributed by atoms with Gasteiger partial charge in [-0.05, 0) is 31.4 Å². The number of rotatable bonds is 2. The molecular formula is C13H12N4OS. The van der Waals surface area contributed by atoms with Gasteiger partial charge in [-0.15, -0.1) is 10.2 Å². The van der Waals surface area contributed by atoms with Crippen LogP contribution in [0.1, 0.15) is 30.1 Å². The van der Waals surface area contributed by atoms with Crippen molar-refractivity contribution in [1.29, 1.82) is 0 Å². The summed E-state index contributed by atoms with van der Waals surface area (Å²) in [4.78, 5) is 0.790. The van der Waals surface area contributed by atoms with Crippen molar-refractivity contribution >= 4 is 16.3 Å². The average Bonchev–Trinajstić information content (AvgIpc) is 3.02. The zero-order valence-electron chi connectivity index (χ0n) is 10.4. The number of aromatic hydroxyl groups is 1. The predicted molar refractivity (Wildman–Crippen MR) is 72.5 cm³/mol. The number of nitrogens with zero attached hydrogens (tertiary/aromatic N) is 4. The van der Waals surface area contributed by atoms with Gasteiger partial charge < -0.3 is 5.11 Å². The monoisotopic (exact) mass is 272 g/mol. The maximum atomic E-state index is 10.1. The van der Waals surface area contributed by atoms with E-state index in [0.29, 0.717) is 11.7 Å². The molecule has 1 saturated carbocycles. The Hall–Kier alpha value is -1.95. The highest BCUT2D eigenvalue weighted by Crippen LogP contribution is 2.40. The lowest BCUT2D eigenvalue weighted by Gasteiger charge is -2.02. The number of para-hydroxylation sites is 1. The van der Waals surface area contributed by atoms with Crippen molar-refractivity contribution in [3.05, 3.63) is 29.6 Å². The van der Waals surface area contributed by atoms with Crippen LogP contribution in [-0.4, -0.2) is 24.9 Å². The third-order valence-electron chi connectivity index (χ3n) is 3.43. The van der Waals surface area contributed by atoms with Gasteiger partial charge in [0.2, 0.25) is 4.96 Å². The summed E-state index contributed by atoms with van der Waals surface area (Å²) < 4.78 is 1.82. The van der Waals surface area contributed by atoms with Crippen LogP contribution in [0.4, 0.5) is 0 Å². The SMILES string of the molecule is Cc1cccc(-c2nn3c(C4CC4)nnc3s2)c1O. The minimum absolute atomic E-state index is 0.292. The van der Waals surface area contributed by atoms with Crippen molar-refractivity contribution in [2.24, 2.45) is 0 Å². The van der Waals surface area contributed by atoms with Crippen molar-refractivity contribution in [2.75, 3.05) is 0 Å². The van der Waals surface area contributed by atoms with Crippen LogP contribution in [0.25, 0.3) is 15.5 Å². The molecule has 0 radical (unpaired) electrons. The van der Waals surface area contributed by atoms with Crippen molar-refractivity contribution < 1.29 is 5.11 Å². The smallest absolute Gasteiger partial charge is 0.234 e. The van der Waals surface area contributed by atoms with Crippen LogP contribution in [0.3, 0.4) is 0 Å². The van der Waals surface area contributed by atoms with Gasteiger partial charge in [0.25, 0.3) is 0 Å². The Kier molecular flexibility index (Phi) is 2.17. The van der Waals surface area contributed by atoms with Crippen LogP contribution in [0, 0.1) is 6.92 Å². The lowest BCUT2D eigenvalue weighted by Crippen LogP contribution is -1.93. The van der Waals surface area contributed by atoms with Crippen LogP contribution >= 0.6 is 11.3 Å². The number of phenols is 1. The summed E-state index contributed by atoms with van der Waals surface area (Å²) >= 11 is 1.46. The second kappa shape index (κ2) is 3.77. The number of aromatic nitrogens is 4. The second-order valence-corrected chi connectivity index (χ2v) is 5.86. The fourth-order valence-corrected chi connectivity index (χ4v) is 3.04. The quantitative estimate of drug-likeness (QED) is 0.779. The number of fused-ring (bicyclic) bond motifs is 1. The Morgan fingerprint density at radius 2 is 2.16 bits per heavy atom. The van der Waals surface area contributed by atoms with Crippen LogP contribution in [0.15, 0.2) is 18.2 Å². The van der Waals surface area contributed by atoms with Gasteiger partial charge in [0.1, 0.15) is 5.75 Å². The number of benzene rings is 1. The Bertz CT molecular complexity index is 772. The van der Waals surface area contributed by atoms with Crippen molar-refractivity contribution in [3.63, 3.8) is 0 Å². The van der Waals surface area contributed by atoms with Gasteiger partial charge in [-0.3, -0.25) is 0 Å². The highest BCUT2D eigenvalue weighted by molar-refractivity contribution is 7.19. The Morgan fingerprint density at radius 3 is 2.95 bits per heavy atom. The number of phenolic OH excluding ortho intramolecular Hbond substituents is 1. The number of hydrogen-bond acceptors (Lipinski definition) is 5. The van der Waals surface area contributed by atoms with E-state index in [1.807, 2.05) is 29.6 Å². The molecule has 1 N–H and O–H groups in total. The maximum Gasteiger partial charge on any atom is 0.234 e. The molecule has 0 bridgehead atoms. The molecule has 5 nitrogen and oxygen atoms in total. The fraction of sp³-hybridized carbons (Fsp3) is 0.308. The van der Waals surface area contributed by atoms with E-state index < -0.39 is 0 Å². The molecule has 2 aromatic heterocycles. The van der Waals surface area contributed by atoms with E-state index in [0.717, 1.165) is 26.9 Å². The number of hydrogen-bond donors (Lipinski definition) is 1. The highest BCUT2D eigenvalue weighted by Gasteiger charge is 2.30. The third-order valence-corrected chi connectivity index (χ3v) is 4.36. The van der Waals surface area contributed by atoms with E-state index in [1.165, 1.54) is 24.2 Å². The van der Waals surface area contributed by atoms with E-state index in [4.69, 9.17) is 0 Å². The lowest BCUT2D eigenvalue weighted by molar-refractivity contribution is 0.473. The highest BCUT2D eigenvalue weighted by atomic mass is 32.1. The minimum atomic E-state index is 0.292. The summed E-state index contributed by atoms with van der Waals surface area (Å²) in [5.74, 6) is 1.75. The van der Waals surface area contributed by atoms with Gasteiger partial charge in [-0.1, -0.05) is 23.5 Å². The molecular weight excluding hydrogens is 260 g/mol. The standard InChI is InChI=1S/C13H12N4OS/c1-7-3-2-4-9(10(7)18)12-16-17-11(8-5-6-8)14-15-13(17)19-12/h2-4,8,18H,5-6H2,1H3. The normalized spacial score (nSPS) is 15.2. The molecule has 6 heteroatoms. The molecule has 19 heavy (non-hydrogen) atoms. The first-order valence-electron chi connectivity index (χ1n) is 6.25. The first-order valence-corrected chi connectivity index (χ1v) is 7.07. The van der Waals surface area contributed by atoms with E-state index in [-0.39, 0.29) is 0 Å². The zero-order valence-corrected chi connectivity index (χ0v) is 11.2. The molecule has 0 unspecified atom stereocenters. The van der Waals surface area contributed by atoms with Gasteiger partial charge in [0.05, 0.1) is 5.56 Å². The summed E-state index contributed by atoms with van der Waals surface area (Å²) in [6, 6.07) is 5.69. The lowest BCUT2D eigenvalue weighted by atomic mass is 10.1. The molecule has 0 spiro atoms. The van der Waals surface area contributed by atoms with E-state index in [1.54, 1.807) is 0 Å². The summed E-state index contributed by atoms with van der Waals surface area (Å²) in [6.45, 7) is 1.88. The Morgan fingerprint density at radius 1 is 1.32 bits per heavy atom. The molecule has 1 aromatic carbocycles. The van der Waals surface area contributed by atoms with Crippen LogP contribution in [-0.2, 0) is 0 Å². The van der Waals surface area contributed by atoms with E-state index in [9.17, 15) is 5.11 Å². The molecule has 4 rings (SSSR count). The van der Waals surface area contributed by atoms with Crippen molar-refractivity contribution in [1.82, 2.24) is 19.8 Å². The number of aryl methyl sites for hydroxylation is 1. The summed E-state index contributed by atoms with van der Waals surface area (Å²) in [7, 11) is 0. The maximum absolute atomic E-state index is 10.1. The second-order valence-electron chi connectivity index (χ2n) is 4.91. The van der Waals surface area contributed by atoms with Gasteiger partial charge in [0.15, 0.2) is 10.8 Å².